The zero-order valence-corrected chi connectivity index (χ0v) is 21.3. The van der Waals surface area contributed by atoms with Crippen LogP contribution in [0.2, 0.25) is 0 Å². The second-order valence-electron chi connectivity index (χ2n) is 9.49. The van der Waals surface area contributed by atoms with E-state index in [-0.39, 0.29) is 10.8 Å². The Bertz CT molecular complexity index is 856. The molecule has 2 aliphatic rings. The molecule has 0 bridgehead atoms. The van der Waals surface area contributed by atoms with Gasteiger partial charge in [0.25, 0.3) is 0 Å². The van der Waals surface area contributed by atoms with Crippen LogP contribution in [0.15, 0.2) is 70.3 Å². The van der Waals surface area contributed by atoms with Gasteiger partial charge in [0.1, 0.15) is 0 Å². The van der Waals surface area contributed by atoms with Crippen LogP contribution in [0.3, 0.4) is 0 Å². The number of hydrogen-bond acceptors (Lipinski definition) is 0. The van der Waals surface area contributed by atoms with Crippen molar-refractivity contribution >= 4 is 3.27 Å². The predicted octanol–water partition coefficient (Wildman–Crippen LogP) is 7.23. The summed E-state index contributed by atoms with van der Waals surface area (Å²) in [6, 6.07) is 11.5. The zero-order chi connectivity index (χ0) is 20.3. The van der Waals surface area contributed by atoms with E-state index in [1.807, 2.05) is 0 Å². The van der Waals surface area contributed by atoms with E-state index in [0.29, 0.717) is 0 Å². The number of hydrogen-bond donors (Lipinski definition) is 0. The van der Waals surface area contributed by atoms with E-state index >= 15 is 0 Å². The summed E-state index contributed by atoms with van der Waals surface area (Å²) < 4.78 is 5.20. The van der Waals surface area contributed by atoms with E-state index in [9.17, 15) is 0 Å². The molecule has 0 saturated heterocycles. The summed E-state index contributed by atoms with van der Waals surface area (Å²) in [5.74, 6) is 0. The van der Waals surface area contributed by atoms with E-state index in [4.69, 9.17) is 0 Å². The van der Waals surface area contributed by atoms with Gasteiger partial charge in [0, 0.05) is 0 Å². The first-order valence-electron chi connectivity index (χ1n) is 10.2. The molecular formula is C26H35Zr. The van der Waals surface area contributed by atoms with Crippen LogP contribution in [0, 0.1) is 10.8 Å². The molecule has 0 fully saturated rings. The average molecular weight is 439 g/mol. The Balaban J connectivity index is 2.33. The van der Waals surface area contributed by atoms with Crippen molar-refractivity contribution in [1.29, 1.82) is 0 Å². The minimum absolute atomic E-state index is 0.173. The summed E-state index contributed by atoms with van der Waals surface area (Å²) >= 11 is -2.32. The minimum atomic E-state index is -2.32. The van der Waals surface area contributed by atoms with Gasteiger partial charge in [-0.25, -0.2) is 0 Å². The van der Waals surface area contributed by atoms with E-state index in [1.54, 1.807) is 32.1 Å². The van der Waals surface area contributed by atoms with Gasteiger partial charge in [-0.3, -0.25) is 0 Å². The van der Waals surface area contributed by atoms with Crippen LogP contribution >= 0.6 is 0 Å². The van der Waals surface area contributed by atoms with Gasteiger partial charge in [-0.1, -0.05) is 0 Å². The van der Waals surface area contributed by atoms with Crippen molar-refractivity contribution < 1.29 is 21.8 Å². The van der Waals surface area contributed by atoms with Gasteiger partial charge in [0.05, 0.1) is 0 Å². The molecule has 1 heteroatoms. The molecule has 0 unspecified atom stereocenters. The Morgan fingerprint density at radius 3 is 1.22 bits per heavy atom. The maximum absolute atomic E-state index is 2.46. The molecule has 1 aromatic carbocycles. The first-order valence-corrected chi connectivity index (χ1v) is 13.8. The quantitative estimate of drug-likeness (QED) is 0.467. The molecule has 27 heavy (non-hydrogen) atoms. The molecule has 1 aromatic rings. The van der Waals surface area contributed by atoms with Crippen molar-refractivity contribution in [3.05, 3.63) is 70.3 Å². The van der Waals surface area contributed by atoms with Crippen LogP contribution in [-0.2, 0) is 21.8 Å². The fraction of sp³-hybridized carbons (Fsp3) is 0.462. The molecule has 143 valence electrons. The summed E-state index contributed by atoms with van der Waals surface area (Å²) in [7, 11) is 0. The number of allylic oxidation sites excluding steroid dienone is 8. The van der Waals surface area contributed by atoms with Gasteiger partial charge in [0.2, 0.25) is 0 Å². The normalized spacial score (nSPS) is 21.7. The van der Waals surface area contributed by atoms with Crippen LogP contribution in [0.1, 0.15) is 69.2 Å². The van der Waals surface area contributed by atoms with Crippen LogP contribution in [-0.4, -0.2) is 0 Å². The summed E-state index contributed by atoms with van der Waals surface area (Å²) in [6.45, 7) is 24.0. The molecule has 0 atom stereocenters. The Morgan fingerprint density at radius 1 is 0.556 bits per heavy atom. The van der Waals surface area contributed by atoms with Crippen LogP contribution in [0.4, 0.5) is 0 Å². The maximum atomic E-state index is 2.46. The standard InChI is InChI=1S/2C10H15.C6H5.Zr/c2*1-7-6-10(4,5)9(3)8(7)2;1-2-4-6-5-3-1;/h2*1-5H3;1-5H;. The topological polar surface area (TPSA) is 0 Å². The van der Waals surface area contributed by atoms with Gasteiger partial charge in [-0.2, -0.15) is 0 Å². The van der Waals surface area contributed by atoms with E-state index in [1.165, 1.54) is 11.1 Å². The second kappa shape index (κ2) is 6.84. The third kappa shape index (κ3) is 2.96. The van der Waals surface area contributed by atoms with Gasteiger partial charge in [-0.15, -0.1) is 0 Å². The summed E-state index contributed by atoms with van der Waals surface area (Å²) in [5.41, 5.74) is 9.69. The molecule has 0 aromatic heterocycles. The zero-order valence-electron chi connectivity index (χ0n) is 18.9. The van der Waals surface area contributed by atoms with E-state index in [2.05, 4.69) is 99.6 Å². The third-order valence-corrected chi connectivity index (χ3v) is 17.3. The van der Waals surface area contributed by atoms with E-state index < -0.39 is 21.8 Å². The van der Waals surface area contributed by atoms with Crippen molar-refractivity contribution in [1.82, 2.24) is 0 Å². The third-order valence-electron chi connectivity index (χ3n) is 7.69. The molecule has 0 N–H and O–H groups in total. The first kappa shape index (κ1) is 20.8. The molecular weight excluding hydrogens is 404 g/mol. The molecule has 0 amide bonds. The average Bonchev–Trinajstić information content (AvgIpc) is 2.87. The molecule has 0 saturated carbocycles. The van der Waals surface area contributed by atoms with Gasteiger partial charge >= 0.3 is 175 Å². The SMILES string of the molecule is CC1=C(C)C(C)(C)[C]([Zr]([C]2=C(C)C(C)=C(C)C2(C)C)[c]2ccccc2)=C1C. The van der Waals surface area contributed by atoms with Crippen molar-refractivity contribution in [3.8, 4) is 0 Å². The fourth-order valence-electron chi connectivity index (χ4n) is 5.21. The van der Waals surface area contributed by atoms with Crippen LogP contribution in [0.25, 0.3) is 0 Å². The Labute approximate surface area is 174 Å². The predicted molar refractivity (Wildman–Crippen MR) is 116 cm³/mol. The first-order chi connectivity index (χ1) is 12.4. The molecule has 0 radical (unpaired) electrons. The summed E-state index contributed by atoms with van der Waals surface area (Å²) in [4.78, 5) is 0. The Morgan fingerprint density at radius 2 is 0.926 bits per heavy atom. The van der Waals surface area contributed by atoms with Crippen LogP contribution < -0.4 is 3.27 Å². The Kier molecular flexibility index (Phi) is 5.27. The Hall–Kier alpha value is -0.937. The van der Waals surface area contributed by atoms with Crippen molar-refractivity contribution in [2.24, 2.45) is 10.8 Å². The van der Waals surface area contributed by atoms with Gasteiger partial charge in [0.15, 0.2) is 0 Å². The number of rotatable bonds is 3. The monoisotopic (exact) mass is 437 g/mol. The van der Waals surface area contributed by atoms with Crippen molar-refractivity contribution in [3.63, 3.8) is 0 Å². The molecule has 0 heterocycles. The molecule has 0 nitrogen and oxygen atoms in total. The second-order valence-corrected chi connectivity index (χ2v) is 15.2. The van der Waals surface area contributed by atoms with Crippen molar-refractivity contribution in [2.45, 2.75) is 69.2 Å². The van der Waals surface area contributed by atoms with Gasteiger partial charge in [-0.05, 0) is 0 Å². The number of benzene rings is 1. The van der Waals surface area contributed by atoms with Crippen LogP contribution in [0.5, 0.6) is 0 Å². The molecule has 3 rings (SSSR count). The van der Waals surface area contributed by atoms with Gasteiger partial charge < -0.3 is 0 Å². The van der Waals surface area contributed by atoms with Crippen molar-refractivity contribution in [2.75, 3.05) is 0 Å². The molecule has 0 aliphatic heterocycles. The fourth-order valence-corrected chi connectivity index (χ4v) is 15.3. The summed E-state index contributed by atoms with van der Waals surface area (Å²) in [6.07, 6.45) is 0. The van der Waals surface area contributed by atoms with E-state index in [0.717, 1.165) is 0 Å². The molecule has 0 spiro atoms. The molecule has 2 aliphatic carbocycles. The summed E-state index contributed by atoms with van der Waals surface area (Å²) in [5, 5.41) is 0.